The van der Waals surface area contributed by atoms with Gasteiger partial charge < -0.3 is 14.8 Å². The van der Waals surface area contributed by atoms with E-state index in [4.69, 9.17) is 5.11 Å². The molecule has 0 radical (unpaired) electrons. The Morgan fingerprint density at radius 1 is 1.04 bits per heavy atom. The first kappa shape index (κ1) is 26.7. The summed E-state index contributed by atoms with van der Waals surface area (Å²) in [5, 5.41) is 19.5. The first-order chi connectivity index (χ1) is 11.9. The van der Waals surface area contributed by atoms with Crippen molar-refractivity contribution in [3.63, 3.8) is 0 Å². The Hall–Kier alpha value is -0.300. The number of hydrogen-bond donors (Lipinski definition) is 2. The van der Waals surface area contributed by atoms with Crippen LogP contribution in [0.15, 0.2) is 12.1 Å². The Bertz CT molecular complexity index is 799. The van der Waals surface area contributed by atoms with Crippen LogP contribution in [0.5, 0.6) is 0 Å². The first-order valence-corrected chi connectivity index (χ1v) is 9.00. The van der Waals surface area contributed by atoms with Gasteiger partial charge in [0.15, 0.2) is 0 Å². The fourth-order valence-corrected chi connectivity index (χ4v) is 3.56. The van der Waals surface area contributed by atoms with Crippen LogP contribution < -0.4 is 0 Å². The summed E-state index contributed by atoms with van der Waals surface area (Å²) in [6, 6.07) is 3.65. The second kappa shape index (κ2) is 12.3. The number of carboxylic acids is 2. The third-order valence-electron chi connectivity index (χ3n) is 4.79. The number of carbonyl (C=O) groups is 2. The summed E-state index contributed by atoms with van der Waals surface area (Å²) < 4.78 is 2.16. The van der Waals surface area contributed by atoms with Crippen molar-refractivity contribution >= 4 is 82.0 Å². The van der Waals surface area contributed by atoms with Crippen LogP contribution in [0.3, 0.4) is 0 Å². The zero-order chi connectivity index (χ0) is 18.6. The molecule has 0 amide bonds. The molecule has 0 aliphatic heterocycles. The van der Waals surface area contributed by atoms with Crippen LogP contribution in [-0.2, 0) is 24.2 Å². The Morgan fingerprint density at radius 3 is 2.22 bits per heavy atom. The summed E-state index contributed by atoms with van der Waals surface area (Å²) in [5.41, 5.74) is 4.15. The molecule has 1 heterocycles. The number of aromatic nitrogens is 1. The standard InChI is InChI=1S/C20H27NO4.2Na.2H/c1-4-6-7-8-17-14(9-10-19(22)23)16-11-13(3)15(20(24)25)12-18(16)21(17)5-2;;;;/h11-12H,4-10H2,1-3H3,(H,22,23)(H,24,25);;;;. The second-order valence-electron chi connectivity index (χ2n) is 6.51. The van der Waals surface area contributed by atoms with Crippen molar-refractivity contribution in [3.05, 3.63) is 34.5 Å². The number of aliphatic carboxylic acids is 1. The molecular weight excluding hydrogens is 364 g/mol. The van der Waals surface area contributed by atoms with Crippen LogP contribution in [-0.4, -0.2) is 85.8 Å². The van der Waals surface area contributed by atoms with Gasteiger partial charge in [-0.2, -0.15) is 0 Å². The molecule has 0 saturated heterocycles. The third-order valence-corrected chi connectivity index (χ3v) is 4.79. The van der Waals surface area contributed by atoms with Gasteiger partial charge in [-0.1, -0.05) is 19.8 Å². The Labute approximate surface area is 205 Å². The normalized spacial score (nSPS) is 10.3. The Kier molecular flexibility index (Phi) is 12.2. The zero-order valence-electron chi connectivity index (χ0n) is 15.3. The van der Waals surface area contributed by atoms with Gasteiger partial charge >= 0.3 is 71.1 Å². The molecule has 2 N–H and O–H groups in total. The van der Waals surface area contributed by atoms with Gasteiger partial charge in [0.1, 0.15) is 0 Å². The molecule has 0 atom stereocenters. The number of nitrogens with zero attached hydrogens (tertiary/aromatic N) is 1. The molecule has 2 aromatic rings. The van der Waals surface area contributed by atoms with E-state index >= 15 is 0 Å². The molecule has 1 aromatic carbocycles. The summed E-state index contributed by atoms with van der Waals surface area (Å²) in [4.78, 5) is 22.6. The van der Waals surface area contributed by atoms with Crippen LogP contribution in [0.25, 0.3) is 10.9 Å². The van der Waals surface area contributed by atoms with Gasteiger partial charge in [0.2, 0.25) is 0 Å². The fourth-order valence-electron chi connectivity index (χ4n) is 3.56. The number of rotatable bonds is 9. The van der Waals surface area contributed by atoms with E-state index < -0.39 is 11.9 Å². The molecule has 0 fully saturated rings. The van der Waals surface area contributed by atoms with Crippen LogP contribution >= 0.6 is 0 Å². The molecule has 5 nitrogen and oxygen atoms in total. The van der Waals surface area contributed by atoms with Crippen molar-refractivity contribution in [2.24, 2.45) is 0 Å². The maximum absolute atomic E-state index is 11.5. The molecule has 0 spiro atoms. The number of fused-ring (bicyclic) bond motifs is 1. The fraction of sp³-hybridized carbons (Fsp3) is 0.500. The number of benzene rings is 1. The number of unbranched alkanes of at least 4 members (excludes halogenated alkanes) is 2. The second-order valence-corrected chi connectivity index (χ2v) is 6.51. The van der Waals surface area contributed by atoms with Gasteiger partial charge in [-0.3, -0.25) is 4.79 Å². The van der Waals surface area contributed by atoms with Crippen molar-refractivity contribution in [2.75, 3.05) is 0 Å². The van der Waals surface area contributed by atoms with Crippen LogP contribution in [0.2, 0.25) is 0 Å². The molecule has 7 heteroatoms. The summed E-state index contributed by atoms with van der Waals surface area (Å²) in [6.45, 7) is 6.74. The van der Waals surface area contributed by atoms with Crippen molar-refractivity contribution in [2.45, 2.75) is 65.8 Å². The SMILES string of the molecule is CCCCCc1c(CCC(=O)O)c2cc(C)c(C(=O)O)cc2n1CC.[NaH].[NaH]. The van der Waals surface area contributed by atoms with E-state index in [1.165, 1.54) is 0 Å². The first-order valence-electron chi connectivity index (χ1n) is 9.00. The summed E-state index contributed by atoms with van der Waals surface area (Å²) in [5.74, 6) is -1.74. The van der Waals surface area contributed by atoms with E-state index in [9.17, 15) is 14.7 Å². The number of carboxylic acid groups (broad SMARTS) is 2. The van der Waals surface area contributed by atoms with Gasteiger partial charge in [-0.05, 0) is 56.4 Å². The van der Waals surface area contributed by atoms with Gasteiger partial charge in [0, 0.05) is 29.6 Å². The summed E-state index contributed by atoms with van der Waals surface area (Å²) in [7, 11) is 0. The van der Waals surface area contributed by atoms with E-state index in [1.54, 1.807) is 13.0 Å². The van der Waals surface area contributed by atoms with Crippen LogP contribution in [0.1, 0.15) is 66.7 Å². The molecule has 0 saturated carbocycles. The maximum atomic E-state index is 11.5. The van der Waals surface area contributed by atoms with E-state index in [1.807, 2.05) is 13.0 Å². The molecule has 0 unspecified atom stereocenters. The Morgan fingerprint density at radius 2 is 1.70 bits per heavy atom. The zero-order valence-corrected chi connectivity index (χ0v) is 15.3. The van der Waals surface area contributed by atoms with Crippen molar-refractivity contribution in [1.82, 2.24) is 4.57 Å². The number of aryl methyl sites for hydroxylation is 3. The summed E-state index contributed by atoms with van der Waals surface area (Å²) in [6.07, 6.45) is 4.77. The number of aromatic carboxylic acids is 1. The van der Waals surface area contributed by atoms with Gasteiger partial charge in [-0.25, -0.2) is 4.79 Å². The monoisotopic (exact) mass is 393 g/mol. The Balaban J connectivity index is 0.00000338. The topological polar surface area (TPSA) is 79.5 Å². The predicted octanol–water partition coefficient (Wildman–Crippen LogP) is 3.12. The van der Waals surface area contributed by atoms with Crippen molar-refractivity contribution < 1.29 is 19.8 Å². The molecule has 0 aliphatic carbocycles. The third kappa shape index (κ3) is 6.34. The van der Waals surface area contributed by atoms with E-state index in [0.717, 1.165) is 54.4 Å². The van der Waals surface area contributed by atoms with Crippen LogP contribution in [0.4, 0.5) is 0 Å². The molecule has 1 aromatic heterocycles. The molecule has 0 bridgehead atoms. The van der Waals surface area contributed by atoms with Gasteiger partial charge in [-0.15, -0.1) is 0 Å². The average molecular weight is 393 g/mol. The number of hydrogen-bond acceptors (Lipinski definition) is 2. The average Bonchev–Trinajstić information content (AvgIpc) is 2.84. The molecule has 0 aliphatic rings. The molecule has 140 valence electrons. The van der Waals surface area contributed by atoms with E-state index in [0.29, 0.717) is 17.5 Å². The molecule has 27 heavy (non-hydrogen) atoms. The summed E-state index contributed by atoms with van der Waals surface area (Å²) >= 11 is 0. The van der Waals surface area contributed by atoms with E-state index in [2.05, 4.69) is 11.5 Å². The quantitative estimate of drug-likeness (QED) is 0.507. The minimum atomic E-state index is -0.928. The minimum absolute atomic E-state index is 0. The van der Waals surface area contributed by atoms with Gasteiger partial charge in [0.05, 0.1) is 5.56 Å². The van der Waals surface area contributed by atoms with Crippen molar-refractivity contribution in [1.29, 1.82) is 0 Å². The van der Waals surface area contributed by atoms with Crippen molar-refractivity contribution in [3.8, 4) is 0 Å². The van der Waals surface area contributed by atoms with Crippen LogP contribution in [0, 0.1) is 6.92 Å². The van der Waals surface area contributed by atoms with Gasteiger partial charge in [0.25, 0.3) is 0 Å². The molecule has 2 rings (SSSR count). The predicted molar refractivity (Wildman–Crippen MR) is 113 cm³/mol. The molecular formula is C20H29NNa2O4. The van der Waals surface area contributed by atoms with E-state index in [-0.39, 0.29) is 65.5 Å².